The van der Waals surface area contributed by atoms with Crippen LogP contribution >= 0.6 is 15.9 Å². The van der Waals surface area contributed by atoms with Gasteiger partial charge in [-0.3, -0.25) is 0 Å². The fourth-order valence-electron chi connectivity index (χ4n) is 0.619. The number of pyridine rings is 1. The van der Waals surface area contributed by atoms with Crippen LogP contribution < -0.4 is 9.47 Å². The van der Waals surface area contributed by atoms with Crippen LogP contribution in [0.3, 0.4) is 0 Å². The Morgan fingerprint density at radius 3 is 2.83 bits per heavy atom. The number of nitrogens with zero attached hydrogens (tertiary/aromatic N) is 1. The van der Waals surface area contributed by atoms with E-state index in [1.165, 1.54) is 12.1 Å². The SMILES string of the molecule is [O-][n+]1ccc(Br)cc1OC(F)F. The van der Waals surface area contributed by atoms with Crippen LogP contribution in [-0.4, -0.2) is 6.61 Å². The molecule has 6 heteroatoms. The zero-order valence-electron chi connectivity index (χ0n) is 5.71. The van der Waals surface area contributed by atoms with Gasteiger partial charge in [0.25, 0.3) is 0 Å². The molecular formula is C6H4BrF2NO2. The summed E-state index contributed by atoms with van der Waals surface area (Å²) >= 11 is 3.01. The first-order chi connectivity index (χ1) is 5.59. The first-order valence-corrected chi connectivity index (χ1v) is 3.72. The van der Waals surface area contributed by atoms with Crippen LogP contribution in [-0.2, 0) is 0 Å². The lowest BCUT2D eigenvalue weighted by Gasteiger charge is -2.04. The summed E-state index contributed by atoms with van der Waals surface area (Å²) in [7, 11) is 0. The largest absolute Gasteiger partial charge is 0.616 e. The molecule has 0 saturated carbocycles. The molecule has 1 aromatic heterocycles. The predicted molar refractivity (Wildman–Crippen MR) is 39.7 cm³/mol. The molecule has 0 amide bonds. The fourth-order valence-corrected chi connectivity index (χ4v) is 0.933. The zero-order valence-corrected chi connectivity index (χ0v) is 7.29. The van der Waals surface area contributed by atoms with E-state index in [0.29, 0.717) is 4.47 Å². The van der Waals surface area contributed by atoms with Crippen LogP contribution in [0.1, 0.15) is 0 Å². The van der Waals surface area contributed by atoms with Crippen LogP contribution in [0.15, 0.2) is 22.8 Å². The number of hydrogen-bond acceptors (Lipinski definition) is 2. The number of ether oxygens (including phenoxy) is 1. The zero-order chi connectivity index (χ0) is 9.14. The molecule has 0 N–H and O–H groups in total. The maximum Gasteiger partial charge on any atom is 0.391 e. The second-order valence-electron chi connectivity index (χ2n) is 1.89. The Labute approximate surface area is 75.3 Å². The molecule has 0 spiro atoms. The van der Waals surface area contributed by atoms with Crippen molar-refractivity contribution in [2.75, 3.05) is 0 Å². The summed E-state index contributed by atoms with van der Waals surface area (Å²) in [4.78, 5) is 0. The van der Waals surface area contributed by atoms with Crippen molar-refractivity contribution >= 4 is 15.9 Å². The van der Waals surface area contributed by atoms with Crippen molar-refractivity contribution in [2.45, 2.75) is 6.61 Å². The summed E-state index contributed by atoms with van der Waals surface area (Å²) in [6.07, 6.45) is 1.07. The number of aromatic nitrogens is 1. The van der Waals surface area contributed by atoms with E-state index in [0.717, 1.165) is 6.20 Å². The van der Waals surface area contributed by atoms with Crippen molar-refractivity contribution in [1.29, 1.82) is 0 Å². The Morgan fingerprint density at radius 1 is 1.58 bits per heavy atom. The van der Waals surface area contributed by atoms with Crippen molar-refractivity contribution in [1.82, 2.24) is 0 Å². The van der Waals surface area contributed by atoms with E-state index in [1.54, 1.807) is 0 Å². The van der Waals surface area contributed by atoms with Crippen LogP contribution in [0.2, 0.25) is 0 Å². The first-order valence-electron chi connectivity index (χ1n) is 2.93. The average molecular weight is 240 g/mol. The lowest BCUT2D eigenvalue weighted by atomic mass is 10.5. The quantitative estimate of drug-likeness (QED) is 0.582. The number of halogens is 3. The molecule has 0 radical (unpaired) electrons. The van der Waals surface area contributed by atoms with Gasteiger partial charge in [-0.05, 0) is 0 Å². The maximum absolute atomic E-state index is 11.6. The van der Waals surface area contributed by atoms with E-state index >= 15 is 0 Å². The molecule has 0 saturated heterocycles. The van der Waals surface area contributed by atoms with Gasteiger partial charge in [0.05, 0.1) is 6.07 Å². The highest BCUT2D eigenvalue weighted by Gasteiger charge is 2.12. The highest BCUT2D eigenvalue weighted by Crippen LogP contribution is 2.14. The Morgan fingerprint density at radius 2 is 2.25 bits per heavy atom. The van der Waals surface area contributed by atoms with E-state index in [1.807, 2.05) is 0 Å². The summed E-state index contributed by atoms with van der Waals surface area (Å²) in [5.41, 5.74) is 0. The van der Waals surface area contributed by atoms with Gasteiger partial charge >= 0.3 is 12.5 Å². The van der Waals surface area contributed by atoms with E-state index in [9.17, 15) is 14.0 Å². The Balaban J connectivity index is 2.90. The van der Waals surface area contributed by atoms with Crippen molar-refractivity contribution in [3.8, 4) is 5.88 Å². The molecule has 3 nitrogen and oxygen atoms in total. The van der Waals surface area contributed by atoms with Crippen molar-refractivity contribution < 1.29 is 18.2 Å². The van der Waals surface area contributed by atoms with Crippen molar-refractivity contribution in [3.63, 3.8) is 0 Å². The van der Waals surface area contributed by atoms with Crippen LogP contribution in [0.25, 0.3) is 0 Å². The monoisotopic (exact) mass is 239 g/mol. The molecule has 0 unspecified atom stereocenters. The minimum absolute atomic E-state index is 0.219. The summed E-state index contributed by atoms with van der Waals surface area (Å²) in [6, 6.07) is 2.59. The maximum atomic E-state index is 11.6. The van der Waals surface area contributed by atoms with Gasteiger partial charge in [0.2, 0.25) is 0 Å². The molecule has 0 aliphatic carbocycles. The molecule has 0 aromatic carbocycles. The second-order valence-corrected chi connectivity index (χ2v) is 2.80. The van der Waals surface area contributed by atoms with Crippen molar-refractivity contribution in [3.05, 3.63) is 28.0 Å². The van der Waals surface area contributed by atoms with Gasteiger partial charge in [-0.25, -0.2) is 0 Å². The first kappa shape index (κ1) is 9.18. The van der Waals surface area contributed by atoms with Gasteiger partial charge < -0.3 is 9.94 Å². The van der Waals surface area contributed by atoms with E-state index in [4.69, 9.17) is 0 Å². The van der Waals surface area contributed by atoms with Gasteiger partial charge in [0.15, 0.2) is 6.20 Å². The van der Waals surface area contributed by atoms with Crippen LogP contribution in [0.4, 0.5) is 8.78 Å². The molecule has 1 rings (SSSR count). The van der Waals surface area contributed by atoms with E-state index in [2.05, 4.69) is 20.7 Å². The number of alkyl halides is 2. The van der Waals surface area contributed by atoms with E-state index < -0.39 is 12.5 Å². The standard InChI is InChI=1S/C6H4BrF2NO2/c7-4-1-2-10(11)5(3-4)12-6(8)9/h1-3,6H. The molecule has 0 aliphatic heterocycles. The highest BCUT2D eigenvalue weighted by atomic mass is 79.9. The van der Waals surface area contributed by atoms with Gasteiger partial charge in [0.1, 0.15) is 0 Å². The minimum atomic E-state index is -2.99. The highest BCUT2D eigenvalue weighted by molar-refractivity contribution is 9.10. The predicted octanol–water partition coefficient (Wildman–Crippen LogP) is 1.68. The third-order valence-electron chi connectivity index (χ3n) is 1.06. The molecule has 0 aliphatic rings. The number of rotatable bonds is 2. The fraction of sp³-hybridized carbons (Fsp3) is 0.167. The molecule has 0 fully saturated rings. The molecular weight excluding hydrogens is 236 g/mol. The molecule has 0 atom stereocenters. The van der Waals surface area contributed by atoms with Gasteiger partial charge in [0, 0.05) is 10.5 Å². The summed E-state index contributed by atoms with van der Waals surface area (Å²) in [5.74, 6) is -0.431. The smallest absolute Gasteiger partial charge is 0.391 e. The summed E-state index contributed by atoms with van der Waals surface area (Å²) < 4.78 is 27.9. The second kappa shape index (κ2) is 3.66. The number of hydrogen-bond donors (Lipinski definition) is 0. The molecule has 0 bridgehead atoms. The Hall–Kier alpha value is -0.910. The lowest BCUT2D eigenvalue weighted by Crippen LogP contribution is -2.29. The molecule has 66 valence electrons. The Bertz CT molecular complexity index is 282. The average Bonchev–Trinajstić information content (AvgIpc) is 1.96. The van der Waals surface area contributed by atoms with Crippen LogP contribution in [0.5, 0.6) is 5.88 Å². The third-order valence-corrected chi connectivity index (χ3v) is 1.55. The molecule has 1 heterocycles. The summed E-state index contributed by atoms with van der Waals surface area (Å²) in [6.45, 7) is -2.99. The lowest BCUT2D eigenvalue weighted by molar-refractivity contribution is -0.615. The van der Waals surface area contributed by atoms with Crippen molar-refractivity contribution in [2.24, 2.45) is 0 Å². The van der Waals surface area contributed by atoms with Gasteiger partial charge in [-0.15, -0.1) is 4.73 Å². The third kappa shape index (κ3) is 2.30. The van der Waals surface area contributed by atoms with Crippen LogP contribution in [0, 0.1) is 5.21 Å². The Kier molecular flexibility index (Phi) is 2.80. The molecule has 12 heavy (non-hydrogen) atoms. The topological polar surface area (TPSA) is 36.2 Å². The summed E-state index contributed by atoms with van der Waals surface area (Å²) in [5, 5.41) is 10.7. The van der Waals surface area contributed by atoms with Gasteiger partial charge in [-0.2, -0.15) is 8.78 Å². The van der Waals surface area contributed by atoms with Gasteiger partial charge in [-0.1, -0.05) is 15.9 Å². The minimum Gasteiger partial charge on any atom is -0.616 e. The molecule has 1 aromatic rings. The van der Waals surface area contributed by atoms with E-state index in [-0.39, 0.29) is 4.73 Å². The normalized spacial score (nSPS) is 10.3.